The van der Waals surface area contributed by atoms with Crippen LogP contribution in [0.3, 0.4) is 0 Å². The Kier molecular flexibility index (Phi) is 4.74. The first-order valence-electron chi connectivity index (χ1n) is 8.24. The van der Waals surface area contributed by atoms with Gasteiger partial charge in [-0.05, 0) is 19.1 Å². The molecule has 0 spiro atoms. The van der Waals surface area contributed by atoms with E-state index in [9.17, 15) is 9.59 Å². The number of benzene rings is 1. The molecule has 0 unspecified atom stereocenters. The van der Waals surface area contributed by atoms with Crippen molar-refractivity contribution in [2.24, 2.45) is 7.05 Å². The normalized spacial score (nSPS) is 16.4. The number of nitrogens with zero attached hydrogens (tertiary/aromatic N) is 4. The fourth-order valence-electron chi connectivity index (χ4n) is 2.90. The highest BCUT2D eigenvalue weighted by atomic mass is 16.5. The van der Waals surface area contributed by atoms with Crippen molar-refractivity contribution >= 4 is 17.5 Å². The zero-order valence-corrected chi connectivity index (χ0v) is 14.7. The number of aromatic nitrogens is 2. The number of carbonyl (C=O) groups is 2. The average molecular weight is 342 g/mol. The molecule has 1 aromatic heterocycles. The summed E-state index contributed by atoms with van der Waals surface area (Å²) in [6, 6.07) is 7.39. The Morgan fingerprint density at radius 3 is 2.84 bits per heavy atom. The number of amides is 2. The van der Waals surface area contributed by atoms with Gasteiger partial charge >= 0.3 is 0 Å². The Bertz CT molecular complexity index is 786. The number of fused-ring (bicyclic) bond motifs is 1. The van der Waals surface area contributed by atoms with Gasteiger partial charge < -0.3 is 14.5 Å². The average Bonchev–Trinajstić information content (AvgIpc) is 3.00. The Hall–Kier alpha value is -2.83. The number of aryl methyl sites for hydroxylation is 1. The van der Waals surface area contributed by atoms with Gasteiger partial charge in [0.15, 0.2) is 6.10 Å². The van der Waals surface area contributed by atoms with Crippen LogP contribution in [0.4, 0.5) is 5.69 Å². The molecule has 0 radical (unpaired) electrons. The molecule has 7 nitrogen and oxygen atoms in total. The number of ether oxygens (including phenoxy) is 1. The molecule has 0 N–H and O–H groups in total. The molecule has 0 fully saturated rings. The molecule has 132 valence electrons. The van der Waals surface area contributed by atoms with E-state index in [1.807, 2.05) is 37.5 Å². The number of hydrogen-bond acceptors (Lipinski definition) is 4. The zero-order chi connectivity index (χ0) is 18.0. The van der Waals surface area contributed by atoms with Crippen LogP contribution in [0.5, 0.6) is 5.75 Å². The van der Waals surface area contributed by atoms with Gasteiger partial charge in [-0.3, -0.25) is 14.3 Å². The van der Waals surface area contributed by atoms with Crippen LogP contribution in [0.1, 0.15) is 18.9 Å². The van der Waals surface area contributed by atoms with Gasteiger partial charge in [-0.1, -0.05) is 12.1 Å². The highest BCUT2D eigenvalue weighted by Crippen LogP contribution is 2.33. The van der Waals surface area contributed by atoms with Gasteiger partial charge in [-0.15, -0.1) is 0 Å². The van der Waals surface area contributed by atoms with E-state index in [2.05, 4.69) is 5.10 Å². The summed E-state index contributed by atoms with van der Waals surface area (Å²) in [5.41, 5.74) is 1.69. The van der Waals surface area contributed by atoms with Crippen molar-refractivity contribution in [2.45, 2.75) is 26.0 Å². The van der Waals surface area contributed by atoms with Crippen LogP contribution in [0, 0.1) is 0 Å². The highest BCUT2D eigenvalue weighted by molar-refractivity contribution is 6.00. The van der Waals surface area contributed by atoms with Crippen LogP contribution in [-0.2, 0) is 23.2 Å². The lowest BCUT2D eigenvalue weighted by Crippen LogP contribution is -2.45. The molecule has 2 aromatic rings. The molecule has 1 atom stereocenters. The number of carbonyl (C=O) groups excluding carboxylic acids is 2. The quantitative estimate of drug-likeness (QED) is 0.827. The summed E-state index contributed by atoms with van der Waals surface area (Å²) in [5, 5.41) is 4.10. The molecule has 25 heavy (non-hydrogen) atoms. The molecule has 3 rings (SSSR count). The third-order valence-electron chi connectivity index (χ3n) is 4.23. The predicted molar refractivity (Wildman–Crippen MR) is 93.2 cm³/mol. The summed E-state index contributed by atoms with van der Waals surface area (Å²) in [5.74, 6) is 0.528. The Balaban J connectivity index is 1.64. The van der Waals surface area contributed by atoms with Crippen molar-refractivity contribution in [2.75, 3.05) is 18.5 Å². The molecule has 7 heteroatoms. The minimum absolute atomic E-state index is 0.0201. The maximum absolute atomic E-state index is 12.4. The van der Waals surface area contributed by atoms with Crippen LogP contribution in [0.15, 0.2) is 36.7 Å². The van der Waals surface area contributed by atoms with Gasteiger partial charge in [0.2, 0.25) is 5.91 Å². The van der Waals surface area contributed by atoms with Gasteiger partial charge in [0, 0.05) is 45.4 Å². The van der Waals surface area contributed by atoms with Gasteiger partial charge in [-0.25, -0.2) is 0 Å². The van der Waals surface area contributed by atoms with E-state index in [1.165, 1.54) is 0 Å². The minimum Gasteiger partial charge on any atom is -0.479 e. The molecule has 0 saturated heterocycles. The molecule has 1 aliphatic heterocycles. The maximum Gasteiger partial charge on any atom is 0.267 e. The summed E-state index contributed by atoms with van der Waals surface area (Å²) in [6.07, 6.45) is 3.34. The Labute approximate surface area is 146 Å². The molecule has 1 aliphatic rings. The highest BCUT2D eigenvalue weighted by Gasteiger charge is 2.31. The summed E-state index contributed by atoms with van der Waals surface area (Å²) in [7, 11) is 3.60. The monoisotopic (exact) mass is 342 g/mol. The summed E-state index contributed by atoms with van der Waals surface area (Å²) in [6.45, 7) is 2.55. The lowest BCUT2D eigenvalue weighted by molar-refractivity contribution is -0.130. The van der Waals surface area contributed by atoms with Crippen LogP contribution < -0.4 is 9.64 Å². The molecular formula is C18H22N4O3. The largest absolute Gasteiger partial charge is 0.479 e. The molecule has 0 saturated carbocycles. The van der Waals surface area contributed by atoms with Crippen molar-refractivity contribution in [1.82, 2.24) is 14.7 Å². The SMILES string of the molecule is C[C@@H]1Oc2ccccc2N(CCC(=O)N(C)Cc2cnn(C)c2)C1=O. The molecule has 2 amide bonds. The van der Waals surface area contributed by atoms with E-state index >= 15 is 0 Å². The molecule has 2 heterocycles. The fraction of sp³-hybridized carbons (Fsp3) is 0.389. The van der Waals surface area contributed by atoms with Gasteiger partial charge in [0.1, 0.15) is 5.75 Å². The van der Waals surface area contributed by atoms with E-state index in [0.29, 0.717) is 24.5 Å². The number of rotatable bonds is 5. The van der Waals surface area contributed by atoms with Crippen LogP contribution >= 0.6 is 0 Å². The van der Waals surface area contributed by atoms with Gasteiger partial charge in [0.05, 0.1) is 11.9 Å². The topological polar surface area (TPSA) is 67.7 Å². The lowest BCUT2D eigenvalue weighted by atomic mass is 10.1. The van der Waals surface area contributed by atoms with Crippen molar-refractivity contribution in [3.8, 4) is 5.75 Å². The van der Waals surface area contributed by atoms with Gasteiger partial charge in [-0.2, -0.15) is 5.10 Å². The van der Waals surface area contributed by atoms with Crippen molar-refractivity contribution in [3.05, 3.63) is 42.2 Å². The second kappa shape index (κ2) is 6.96. The van der Waals surface area contributed by atoms with Crippen LogP contribution in [0.25, 0.3) is 0 Å². The fourth-order valence-corrected chi connectivity index (χ4v) is 2.90. The molecule has 0 aliphatic carbocycles. The van der Waals surface area contributed by atoms with Crippen molar-refractivity contribution in [3.63, 3.8) is 0 Å². The molecular weight excluding hydrogens is 320 g/mol. The second-order valence-corrected chi connectivity index (χ2v) is 6.24. The first-order valence-corrected chi connectivity index (χ1v) is 8.24. The van der Waals surface area contributed by atoms with E-state index in [4.69, 9.17) is 4.74 Å². The Morgan fingerprint density at radius 2 is 2.12 bits per heavy atom. The van der Waals surface area contributed by atoms with E-state index in [-0.39, 0.29) is 18.2 Å². The van der Waals surface area contributed by atoms with Crippen LogP contribution in [0.2, 0.25) is 0 Å². The lowest BCUT2D eigenvalue weighted by Gasteiger charge is -2.33. The summed E-state index contributed by atoms with van der Waals surface area (Å²) in [4.78, 5) is 28.1. The third-order valence-corrected chi connectivity index (χ3v) is 4.23. The molecule has 1 aromatic carbocycles. The van der Waals surface area contributed by atoms with Crippen molar-refractivity contribution < 1.29 is 14.3 Å². The van der Waals surface area contributed by atoms with E-state index in [1.54, 1.807) is 34.6 Å². The van der Waals surface area contributed by atoms with Crippen molar-refractivity contribution in [1.29, 1.82) is 0 Å². The predicted octanol–water partition coefficient (Wildman–Crippen LogP) is 1.58. The third kappa shape index (κ3) is 3.65. The first-order chi connectivity index (χ1) is 12.0. The van der Waals surface area contributed by atoms with E-state index in [0.717, 1.165) is 5.56 Å². The molecule has 0 bridgehead atoms. The second-order valence-electron chi connectivity index (χ2n) is 6.24. The van der Waals surface area contributed by atoms with Gasteiger partial charge in [0.25, 0.3) is 5.91 Å². The minimum atomic E-state index is -0.543. The summed E-state index contributed by atoms with van der Waals surface area (Å²) < 4.78 is 7.32. The standard InChI is InChI=1S/C18H22N4O3/c1-13-18(24)22(15-6-4-5-7-16(15)25-13)9-8-17(23)20(2)11-14-10-19-21(3)12-14/h4-7,10,12-13H,8-9,11H2,1-3H3/t13-/m0/s1. The number of anilines is 1. The summed E-state index contributed by atoms with van der Waals surface area (Å²) >= 11 is 0. The maximum atomic E-state index is 12.4. The van der Waals surface area contributed by atoms with E-state index < -0.39 is 6.10 Å². The smallest absolute Gasteiger partial charge is 0.267 e. The first kappa shape index (κ1) is 17.0. The number of hydrogen-bond donors (Lipinski definition) is 0. The zero-order valence-electron chi connectivity index (χ0n) is 14.7. The number of para-hydroxylation sites is 2. The Morgan fingerprint density at radius 1 is 1.36 bits per heavy atom. The van der Waals surface area contributed by atoms with Crippen LogP contribution in [-0.4, -0.2) is 46.2 Å².